The van der Waals surface area contributed by atoms with Crippen molar-refractivity contribution in [3.8, 4) is 0 Å². The Morgan fingerprint density at radius 1 is 1.47 bits per heavy atom. The molecule has 1 unspecified atom stereocenters. The summed E-state index contributed by atoms with van der Waals surface area (Å²) >= 11 is 1.29. The van der Waals surface area contributed by atoms with Gasteiger partial charge in [0.05, 0.1) is 16.8 Å². The number of hydrogen-bond acceptors (Lipinski definition) is 3. The van der Waals surface area contributed by atoms with E-state index in [1.807, 2.05) is 24.3 Å². The smallest absolute Gasteiger partial charge is 0.313 e. The van der Waals surface area contributed by atoms with Crippen LogP contribution in [0.3, 0.4) is 0 Å². The molecule has 2 aromatic rings. The molecule has 0 aliphatic heterocycles. The maximum absolute atomic E-state index is 10.7. The zero-order chi connectivity index (χ0) is 13.8. The predicted molar refractivity (Wildman–Crippen MR) is 77.7 cm³/mol. The summed E-state index contributed by atoms with van der Waals surface area (Å²) in [7, 11) is 0. The number of carboxylic acids is 1. The molecule has 0 aliphatic carbocycles. The predicted octanol–water partition coefficient (Wildman–Crippen LogP) is 3.57. The Kier molecular flexibility index (Phi) is 4.47. The summed E-state index contributed by atoms with van der Waals surface area (Å²) in [5.41, 5.74) is 2.01. The number of nitrogens with zero attached hydrogens (tertiary/aromatic N) is 2. The highest BCUT2D eigenvalue weighted by molar-refractivity contribution is 7.99. The van der Waals surface area contributed by atoms with Crippen LogP contribution in [0.2, 0.25) is 0 Å². The van der Waals surface area contributed by atoms with Crippen molar-refractivity contribution in [1.29, 1.82) is 0 Å². The van der Waals surface area contributed by atoms with E-state index in [1.165, 1.54) is 11.8 Å². The van der Waals surface area contributed by atoms with Crippen LogP contribution in [0.5, 0.6) is 0 Å². The molecule has 0 saturated carbocycles. The van der Waals surface area contributed by atoms with Gasteiger partial charge in [-0.2, -0.15) is 0 Å². The summed E-state index contributed by atoms with van der Waals surface area (Å²) < 4.78 is 2.16. The fraction of sp³-hybridized carbons (Fsp3) is 0.429. The Morgan fingerprint density at radius 3 is 2.89 bits per heavy atom. The van der Waals surface area contributed by atoms with Crippen molar-refractivity contribution in [2.75, 3.05) is 5.75 Å². The molecule has 0 radical (unpaired) electrons. The Balaban J connectivity index is 2.42. The van der Waals surface area contributed by atoms with Gasteiger partial charge >= 0.3 is 5.97 Å². The topological polar surface area (TPSA) is 55.1 Å². The minimum atomic E-state index is -0.813. The van der Waals surface area contributed by atoms with Gasteiger partial charge in [0.25, 0.3) is 0 Å². The van der Waals surface area contributed by atoms with E-state index in [-0.39, 0.29) is 5.75 Å². The standard InChI is InChI=1S/C14H18N2O2S/c1-3-6-10(2)16-12-8-5-4-7-11(12)15-14(16)19-9-13(17)18/h4-5,7-8,10H,3,6,9H2,1-2H3,(H,17,18). The van der Waals surface area contributed by atoms with Gasteiger partial charge in [-0.05, 0) is 25.5 Å². The van der Waals surface area contributed by atoms with Crippen molar-refractivity contribution in [2.24, 2.45) is 0 Å². The highest BCUT2D eigenvalue weighted by Gasteiger charge is 2.16. The molecule has 0 amide bonds. The van der Waals surface area contributed by atoms with Crippen molar-refractivity contribution in [1.82, 2.24) is 9.55 Å². The van der Waals surface area contributed by atoms with Gasteiger partial charge in [-0.3, -0.25) is 4.79 Å². The van der Waals surface area contributed by atoms with Gasteiger partial charge < -0.3 is 9.67 Å². The lowest BCUT2D eigenvalue weighted by molar-refractivity contribution is -0.133. The largest absolute Gasteiger partial charge is 0.481 e. The molecule has 2 rings (SSSR count). The molecule has 0 saturated heterocycles. The third-order valence-electron chi connectivity index (χ3n) is 3.04. The Morgan fingerprint density at radius 2 is 2.21 bits per heavy atom. The van der Waals surface area contributed by atoms with Crippen molar-refractivity contribution in [3.05, 3.63) is 24.3 Å². The second-order valence-electron chi connectivity index (χ2n) is 4.57. The number of aromatic nitrogens is 2. The summed E-state index contributed by atoms with van der Waals surface area (Å²) in [6, 6.07) is 8.28. The number of fused-ring (bicyclic) bond motifs is 1. The zero-order valence-electron chi connectivity index (χ0n) is 11.2. The molecular formula is C14H18N2O2S. The second kappa shape index (κ2) is 6.10. The molecule has 0 bridgehead atoms. The van der Waals surface area contributed by atoms with E-state index >= 15 is 0 Å². The first-order valence-electron chi connectivity index (χ1n) is 6.45. The maximum Gasteiger partial charge on any atom is 0.313 e. The normalized spacial score (nSPS) is 12.7. The summed E-state index contributed by atoms with van der Waals surface area (Å²) in [6.45, 7) is 4.31. The SMILES string of the molecule is CCCC(C)n1c(SCC(=O)O)nc2ccccc21. The highest BCUT2D eigenvalue weighted by Crippen LogP contribution is 2.29. The molecule has 102 valence electrons. The third kappa shape index (κ3) is 3.10. The number of thioether (sulfide) groups is 1. The monoisotopic (exact) mass is 278 g/mol. The van der Waals surface area contributed by atoms with Crippen LogP contribution in [-0.4, -0.2) is 26.4 Å². The lowest BCUT2D eigenvalue weighted by atomic mass is 10.2. The van der Waals surface area contributed by atoms with Crippen LogP contribution in [0.25, 0.3) is 11.0 Å². The number of imidazole rings is 1. The molecule has 1 aromatic carbocycles. The molecular weight excluding hydrogens is 260 g/mol. The van der Waals surface area contributed by atoms with Gasteiger partial charge in [-0.1, -0.05) is 37.2 Å². The fourth-order valence-electron chi connectivity index (χ4n) is 2.22. The van der Waals surface area contributed by atoms with Crippen molar-refractivity contribution < 1.29 is 9.90 Å². The second-order valence-corrected chi connectivity index (χ2v) is 5.52. The van der Waals surface area contributed by atoms with E-state index < -0.39 is 5.97 Å². The van der Waals surface area contributed by atoms with Gasteiger partial charge in [0.2, 0.25) is 0 Å². The van der Waals surface area contributed by atoms with E-state index in [1.54, 1.807) is 0 Å². The van der Waals surface area contributed by atoms with Gasteiger partial charge in [-0.15, -0.1) is 0 Å². The fourth-order valence-corrected chi connectivity index (χ4v) is 3.06. The number of aliphatic carboxylic acids is 1. The van der Waals surface area contributed by atoms with E-state index in [4.69, 9.17) is 5.11 Å². The molecule has 1 aromatic heterocycles. The van der Waals surface area contributed by atoms with Gasteiger partial charge in [0.1, 0.15) is 0 Å². The van der Waals surface area contributed by atoms with Gasteiger partial charge in [0.15, 0.2) is 5.16 Å². The summed E-state index contributed by atoms with van der Waals surface area (Å²) in [5.74, 6) is -0.769. The maximum atomic E-state index is 10.7. The van der Waals surface area contributed by atoms with Crippen LogP contribution in [-0.2, 0) is 4.79 Å². The minimum Gasteiger partial charge on any atom is -0.481 e. The van der Waals surface area contributed by atoms with Crippen LogP contribution in [0.4, 0.5) is 0 Å². The molecule has 1 atom stereocenters. The summed E-state index contributed by atoms with van der Waals surface area (Å²) in [4.78, 5) is 15.3. The van der Waals surface area contributed by atoms with Crippen LogP contribution in [0, 0.1) is 0 Å². The zero-order valence-corrected chi connectivity index (χ0v) is 12.0. The molecule has 4 nitrogen and oxygen atoms in total. The molecule has 1 heterocycles. The summed E-state index contributed by atoms with van der Waals surface area (Å²) in [5, 5.41) is 9.62. The molecule has 0 spiro atoms. The Bertz CT molecular complexity index is 580. The number of rotatable bonds is 6. The number of hydrogen-bond donors (Lipinski definition) is 1. The van der Waals surface area contributed by atoms with E-state index in [0.717, 1.165) is 29.0 Å². The van der Waals surface area contributed by atoms with Crippen LogP contribution in [0.15, 0.2) is 29.4 Å². The van der Waals surface area contributed by atoms with Gasteiger partial charge in [0, 0.05) is 6.04 Å². The first-order valence-corrected chi connectivity index (χ1v) is 7.43. The number of benzene rings is 1. The van der Waals surface area contributed by atoms with Crippen molar-refractivity contribution >= 4 is 28.8 Å². The molecule has 0 aliphatic rings. The van der Waals surface area contributed by atoms with Gasteiger partial charge in [-0.25, -0.2) is 4.98 Å². The lowest BCUT2D eigenvalue weighted by Gasteiger charge is -2.16. The molecule has 5 heteroatoms. The molecule has 0 fully saturated rings. The summed E-state index contributed by atoms with van der Waals surface area (Å²) in [6.07, 6.45) is 2.15. The first-order chi connectivity index (χ1) is 9.13. The van der Waals surface area contributed by atoms with E-state index in [9.17, 15) is 4.79 Å². The average molecular weight is 278 g/mol. The molecule has 1 N–H and O–H groups in total. The Hall–Kier alpha value is -1.49. The minimum absolute atomic E-state index is 0.0438. The number of carboxylic acid groups (broad SMARTS) is 1. The van der Waals surface area contributed by atoms with E-state index in [0.29, 0.717) is 6.04 Å². The van der Waals surface area contributed by atoms with Crippen LogP contribution in [0.1, 0.15) is 32.7 Å². The first kappa shape index (κ1) is 13.9. The Labute approximate surface area is 116 Å². The molecule has 19 heavy (non-hydrogen) atoms. The average Bonchev–Trinajstić information content (AvgIpc) is 2.74. The van der Waals surface area contributed by atoms with Crippen molar-refractivity contribution in [2.45, 2.75) is 37.9 Å². The number of para-hydroxylation sites is 2. The van der Waals surface area contributed by atoms with Crippen LogP contribution < -0.4 is 0 Å². The quantitative estimate of drug-likeness (QED) is 0.821. The van der Waals surface area contributed by atoms with E-state index in [2.05, 4.69) is 23.4 Å². The number of carbonyl (C=O) groups is 1. The third-order valence-corrected chi connectivity index (χ3v) is 3.97. The van der Waals surface area contributed by atoms with Crippen LogP contribution >= 0.6 is 11.8 Å². The van der Waals surface area contributed by atoms with Crippen molar-refractivity contribution in [3.63, 3.8) is 0 Å². The highest BCUT2D eigenvalue weighted by atomic mass is 32.2. The lowest BCUT2D eigenvalue weighted by Crippen LogP contribution is -2.07.